The van der Waals surface area contributed by atoms with E-state index in [1.54, 1.807) is 0 Å². The van der Waals surface area contributed by atoms with Gasteiger partial charge in [-0.2, -0.15) is 0 Å². The average Bonchev–Trinajstić information content (AvgIpc) is 2.18. The van der Waals surface area contributed by atoms with Gasteiger partial charge in [-0.05, 0) is 17.3 Å². The molecule has 0 fully saturated rings. The number of hydrogen-bond acceptors (Lipinski definition) is 5. The Morgan fingerprint density at radius 2 is 1.67 bits per heavy atom. The smallest absolute Gasteiger partial charge is 0.119 e. The molecule has 5 heteroatoms. The normalized spacial score (nSPS) is 10.3. The molecule has 0 aliphatic heterocycles. The fourth-order valence-corrected chi connectivity index (χ4v) is 1.39. The molecule has 0 atom stereocenters. The summed E-state index contributed by atoms with van der Waals surface area (Å²) in [5.74, 6) is 0.0708. The summed E-state index contributed by atoms with van der Waals surface area (Å²) < 4.78 is 9.82. The van der Waals surface area contributed by atoms with Gasteiger partial charge < -0.3 is 14.6 Å². The Hall–Kier alpha value is -1.46. The fourth-order valence-electron chi connectivity index (χ4n) is 1.39. The molecule has 1 N–H and O–H groups in total. The van der Waals surface area contributed by atoms with Crippen molar-refractivity contribution in [3.05, 3.63) is 28.2 Å². The van der Waals surface area contributed by atoms with Crippen LogP contribution in [0.15, 0.2) is 17.3 Å². The molecule has 0 bridgehead atoms. The number of nitrogens with zero attached hydrogens (tertiary/aromatic N) is 1. The summed E-state index contributed by atoms with van der Waals surface area (Å²) in [7, 11) is 3.02. The summed E-state index contributed by atoms with van der Waals surface area (Å²) in [5.41, 5.74) is 1.38. The van der Waals surface area contributed by atoms with Gasteiger partial charge in [0.15, 0.2) is 0 Å². The highest BCUT2D eigenvalue weighted by Crippen LogP contribution is 2.30. The topological polar surface area (TPSA) is 68.1 Å². The molecular formula is C10H13NO4. The van der Waals surface area contributed by atoms with E-state index in [0.29, 0.717) is 11.1 Å². The van der Waals surface area contributed by atoms with Crippen LogP contribution < -0.4 is 0 Å². The molecule has 0 amide bonds. The minimum atomic E-state index is 0.0708. The standard InChI is InChI=1S/C10H13NO4/c1-14-5-7-3-9(12)4-8(6-15-2)10(7)11-13/h3-4,12H,5-6H2,1-2H3. The van der Waals surface area contributed by atoms with Gasteiger partial charge in [0.1, 0.15) is 11.4 Å². The van der Waals surface area contributed by atoms with Crippen molar-refractivity contribution in [2.24, 2.45) is 5.18 Å². The minimum absolute atomic E-state index is 0.0708. The summed E-state index contributed by atoms with van der Waals surface area (Å²) in [5, 5.41) is 12.3. The Bertz CT molecular complexity index is 324. The maximum Gasteiger partial charge on any atom is 0.119 e. The zero-order valence-corrected chi connectivity index (χ0v) is 8.69. The number of phenolic OH excluding ortho intramolecular Hbond substituents is 1. The summed E-state index contributed by atoms with van der Waals surface area (Å²) in [4.78, 5) is 10.7. The van der Waals surface area contributed by atoms with Crippen LogP contribution in [0.4, 0.5) is 5.69 Å². The molecular weight excluding hydrogens is 198 g/mol. The monoisotopic (exact) mass is 211 g/mol. The summed E-state index contributed by atoms with van der Waals surface area (Å²) >= 11 is 0. The second kappa shape index (κ2) is 5.43. The zero-order valence-electron chi connectivity index (χ0n) is 8.69. The molecule has 0 aromatic heterocycles. The number of rotatable bonds is 5. The van der Waals surface area contributed by atoms with E-state index in [9.17, 15) is 10.0 Å². The zero-order chi connectivity index (χ0) is 11.3. The van der Waals surface area contributed by atoms with Crippen LogP contribution in [0.1, 0.15) is 11.1 Å². The molecule has 15 heavy (non-hydrogen) atoms. The lowest BCUT2D eigenvalue weighted by Gasteiger charge is -2.08. The Labute approximate surface area is 87.6 Å². The Morgan fingerprint density at radius 3 is 2.00 bits per heavy atom. The predicted molar refractivity (Wildman–Crippen MR) is 55.0 cm³/mol. The van der Waals surface area contributed by atoms with Gasteiger partial charge in [0.2, 0.25) is 0 Å². The molecule has 0 aliphatic rings. The maximum atomic E-state index is 10.7. The lowest BCUT2D eigenvalue weighted by atomic mass is 10.1. The molecule has 0 aliphatic carbocycles. The van der Waals surface area contributed by atoms with Crippen molar-refractivity contribution in [1.82, 2.24) is 0 Å². The summed E-state index contributed by atoms with van der Waals surface area (Å²) in [6.45, 7) is 0.457. The lowest BCUT2D eigenvalue weighted by molar-refractivity contribution is 0.180. The van der Waals surface area contributed by atoms with E-state index in [0.717, 1.165) is 0 Å². The summed E-state index contributed by atoms with van der Waals surface area (Å²) in [6, 6.07) is 2.92. The number of ether oxygens (including phenoxy) is 2. The van der Waals surface area contributed by atoms with E-state index >= 15 is 0 Å². The average molecular weight is 211 g/mol. The maximum absolute atomic E-state index is 10.7. The van der Waals surface area contributed by atoms with Gasteiger partial charge in [0.25, 0.3) is 0 Å². The van der Waals surface area contributed by atoms with Crippen LogP contribution in [0.5, 0.6) is 5.75 Å². The van der Waals surface area contributed by atoms with E-state index in [-0.39, 0.29) is 24.7 Å². The molecule has 0 heterocycles. The third-order valence-corrected chi connectivity index (χ3v) is 1.94. The molecule has 0 saturated heterocycles. The van der Waals surface area contributed by atoms with E-state index in [2.05, 4.69) is 5.18 Å². The van der Waals surface area contributed by atoms with Gasteiger partial charge in [0.05, 0.1) is 13.2 Å². The quantitative estimate of drug-likeness (QED) is 0.757. The number of phenols is 1. The molecule has 0 saturated carbocycles. The van der Waals surface area contributed by atoms with Crippen molar-refractivity contribution in [3.63, 3.8) is 0 Å². The van der Waals surface area contributed by atoms with Crippen LogP contribution in [-0.4, -0.2) is 19.3 Å². The SMILES string of the molecule is COCc1cc(O)cc(COC)c1N=O. The van der Waals surface area contributed by atoms with Gasteiger partial charge in [-0.15, -0.1) is 4.91 Å². The number of aromatic hydroxyl groups is 1. The van der Waals surface area contributed by atoms with E-state index in [1.165, 1.54) is 26.4 Å². The largest absolute Gasteiger partial charge is 0.508 e. The number of hydrogen-bond donors (Lipinski definition) is 1. The van der Waals surface area contributed by atoms with Gasteiger partial charge in [0, 0.05) is 25.3 Å². The lowest BCUT2D eigenvalue weighted by Crippen LogP contribution is -1.94. The molecule has 1 aromatic rings. The molecule has 0 radical (unpaired) electrons. The molecule has 0 spiro atoms. The van der Waals surface area contributed by atoms with Crippen molar-refractivity contribution in [1.29, 1.82) is 0 Å². The predicted octanol–water partition coefficient (Wildman–Crippen LogP) is 2.08. The van der Waals surface area contributed by atoms with Gasteiger partial charge in [-0.3, -0.25) is 0 Å². The first kappa shape index (κ1) is 11.6. The third kappa shape index (κ3) is 2.74. The van der Waals surface area contributed by atoms with E-state index < -0.39 is 0 Å². The Morgan fingerprint density at radius 1 is 1.20 bits per heavy atom. The van der Waals surface area contributed by atoms with Crippen LogP contribution in [-0.2, 0) is 22.7 Å². The van der Waals surface area contributed by atoms with Gasteiger partial charge in [-0.25, -0.2) is 0 Å². The number of benzene rings is 1. The highest BCUT2D eigenvalue weighted by Gasteiger charge is 2.11. The van der Waals surface area contributed by atoms with Crippen molar-refractivity contribution >= 4 is 5.69 Å². The fraction of sp³-hybridized carbons (Fsp3) is 0.400. The first-order valence-corrected chi connectivity index (χ1v) is 4.39. The summed E-state index contributed by atoms with van der Waals surface area (Å²) in [6.07, 6.45) is 0. The van der Waals surface area contributed by atoms with Gasteiger partial charge >= 0.3 is 0 Å². The second-order valence-corrected chi connectivity index (χ2v) is 3.07. The van der Waals surface area contributed by atoms with E-state index in [4.69, 9.17) is 9.47 Å². The molecule has 1 aromatic carbocycles. The molecule has 0 unspecified atom stereocenters. The van der Waals surface area contributed by atoms with Crippen molar-refractivity contribution in [2.45, 2.75) is 13.2 Å². The molecule has 82 valence electrons. The first-order valence-electron chi connectivity index (χ1n) is 4.39. The number of nitroso groups, excluding NO2 is 1. The van der Waals surface area contributed by atoms with Crippen LogP contribution >= 0.6 is 0 Å². The number of methoxy groups -OCH3 is 2. The molecule has 1 rings (SSSR count). The Kier molecular flexibility index (Phi) is 4.20. The highest BCUT2D eigenvalue weighted by atomic mass is 16.5. The van der Waals surface area contributed by atoms with Crippen LogP contribution in [0.2, 0.25) is 0 Å². The first-order chi connectivity index (χ1) is 7.22. The van der Waals surface area contributed by atoms with Crippen LogP contribution in [0.25, 0.3) is 0 Å². The highest BCUT2D eigenvalue weighted by molar-refractivity contribution is 5.55. The Balaban J connectivity index is 3.18. The van der Waals surface area contributed by atoms with Crippen LogP contribution in [0, 0.1) is 4.91 Å². The van der Waals surface area contributed by atoms with E-state index in [1.807, 2.05) is 0 Å². The van der Waals surface area contributed by atoms with Crippen molar-refractivity contribution in [2.75, 3.05) is 14.2 Å². The third-order valence-electron chi connectivity index (χ3n) is 1.94. The molecule has 5 nitrogen and oxygen atoms in total. The minimum Gasteiger partial charge on any atom is -0.508 e. The second-order valence-electron chi connectivity index (χ2n) is 3.07. The van der Waals surface area contributed by atoms with Gasteiger partial charge in [-0.1, -0.05) is 0 Å². The van der Waals surface area contributed by atoms with Crippen LogP contribution in [0.3, 0.4) is 0 Å². The van der Waals surface area contributed by atoms with Crippen molar-refractivity contribution in [3.8, 4) is 5.75 Å². The van der Waals surface area contributed by atoms with Crippen molar-refractivity contribution < 1.29 is 14.6 Å².